The van der Waals surface area contributed by atoms with E-state index in [0.29, 0.717) is 0 Å². The van der Waals surface area contributed by atoms with E-state index in [1.54, 1.807) is 18.6 Å². The van der Waals surface area contributed by atoms with E-state index in [2.05, 4.69) is 9.97 Å². The van der Waals surface area contributed by atoms with Gasteiger partial charge in [0.2, 0.25) is 0 Å². The SMILES string of the molecule is c1cnc2cc(-c3ccncc3)oc2c1. The number of nitrogens with zero attached hydrogens (tertiary/aromatic N) is 2. The smallest absolute Gasteiger partial charge is 0.153 e. The van der Waals surface area contributed by atoms with Gasteiger partial charge in [-0.25, -0.2) is 0 Å². The highest BCUT2D eigenvalue weighted by Gasteiger charge is 2.05. The summed E-state index contributed by atoms with van der Waals surface area (Å²) in [5, 5.41) is 0. The Morgan fingerprint density at radius 2 is 1.87 bits per heavy atom. The zero-order valence-electron chi connectivity index (χ0n) is 7.92. The number of pyridine rings is 2. The van der Waals surface area contributed by atoms with E-state index < -0.39 is 0 Å². The molecule has 0 saturated carbocycles. The second kappa shape index (κ2) is 3.20. The van der Waals surface area contributed by atoms with Crippen LogP contribution in [0.3, 0.4) is 0 Å². The Morgan fingerprint density at radius 3 is 2.67 bits per heavy atom. The number of hydrogen-bond donors (Lipinski definition) is 0. The molecule has 3 aromatic heterocycles. The van der Waals surface area contributed by atoms with Gasteiger partial charge in [0.1, 0.15) is 11.3 Å². The van der Waals surface area contributed by atoms with E-state index in [1.165, 1.54) is 0 Å². The van der Waals surface area contributed by atoms with Crippen LogP contribution in [0.1, 0.15) is 0 Å². The predicted octanol–water partition coefficient (Wildman–Crippen LogP) is 2.89. The van der Waals surface area contributed by atoms with E-state index in [1.807, 2.05) is 30.3 Å². The molecule has 0 bridgehead atoms. The van der Waals surface area contributed by atoms with E-state index in [-0.39, 0.29) is 0 Å². The second-order valence-electron chi connectivity index (χ2n) is 3.23. The summed E-state index contributed by atoms with van der Waals surface area (Å²) in [7, 11) is 0. The topological polar surface area (TPSA) is 38.9 Å². The summed E-state index contributed by atoms with van der Waals surface area (Å²) in [6.07, 6.45) is 5.25. The number of fused-ring (bicyclic) bond motifs is 1. The Morgan fingerprint density at radius 1 is 1.00 bits per heavy atom. The number of hydrogen-bond acceptors (Lipinski definition) is 3. The Balaban J connectivity index is 2.21. The van der Waals surface area contributed by atoms with Crippen molar-refractivity contribution in [2.45, 2.75) is 0 Å². The van der Waals surface area contributed by atoms with Crippen LogP contribution in [0.15, 0.2) is 53.3 Å². The van der Waals surface area contributed by atoms with Gasteiger partial charge >= 0.3 is 0 Å². The Labute approximate surface area is 86.4 Å². The quantitative estimate of drug-likeness (QED) is 0.600. The molecular weight excluding hydrogens is 188 g/mol. The van der Waals surface area contributed by atoms with Crippen LogP contribution in [0.5, 0.6) is 0 Å². The Bertz CT molecular complexity index is 554. The van der Waals surface area contributed by atoms with Crippen molar-refractivity contribution in [1.82, 2.24) is 9.97 Å². The lowest BCUT2D eigenvalue weighted by Gasteiger charge is -1.92. The largest absolute Gasteiger partial charge is 0.454 e. The molecule has 3 nitrogen and oxygen atoms in total. The molecule has 15 heavy (non-hydrogen) atoms. The summed E-state index contributed by atoms with van der Waals surface area (Å²) in [6.45, 7) is 0. The fraction of sp³-hybridized carbons (Fsp3) is 0. The monoisotopic (exact) mass is 196 g/mol. The number of rotatable bonds is 1. The normalized spacial score (nSPS) is 10.7. The third kappa shape index (κ3) is 1.38. The van der Waals surface area contributed by atoms with Crippen molar-refractivity contribution in [3.63, 3.8) is 0 Å². The molecule has 0 N–H and O–H groups in total. The fourth-order valence-electron chi connectivity index (χ4n) is 1.53. The van der Waals surface area contributed by atoms with Gasteiger partial charge in [0.15, 0.2) is 5.58 Å². The minimum atomic E-state index is 0.810. The molecule has 0 aliphatic carbocycles. The Kier molecular flexibility index (Phi) is 1.75. The second-order valence-corrected chi connectivity index (χ2v) is 3.23. The molecule has 0 unspecified atom stereocenters. The average molecular weight is 196 g/mol. The molecule has 0 aromatic carbocycles. The van der Waals surface area contributed by atoms with Crippen LogP contribution in [0.25, 0.3) is 22.4 Å². The summed E-state index contributed by atoms with van der Waals surface area (Å²) in [4.78, 5) is 8.19. The van der Waals surface area contributed by atoms with Crippen molar-refractivity contribution in [3.8, 4) is 11.3 Å². The molecule has 3 heterocycles. The molecule has 0 fully saturated rings. The first-order valence-electron chi connectivity index (χ1n) is 4.68. The minimum absolute atomic E-state index is 0.810. The van der Waals surface area contributed by atoms with Crippen molar-refractivity contribution in [2.75, 3.05) is 0 Å². The van der Waals surface area contributed by atoms with Gasteiger partial charge < -0.3 is 4.42 Å². The van der Waals surface area contributed by atoms with E-state index >= 15 is 0 Å². The fourth-order valence-corrected chi connectivity index (χ4v) is 1.53. The molecule has 0 aliphatic heterocycles. The van der Waals surface area contributed by atoms with Crippen molar-refractivity contribution >= 4 is 11.1 Å². The lowest BCUT2D eigenvalue weighted by atomic mass is 10.2. The van der Waals surface area contributed by atoms with Gasteiger partial charge in [0, 0.05) is 30.2 Å². The van der Waals surface area contributed by atoms with Gasteiger partial charge in [-0.05, 0) is 24.3 Å². The maximum atomic E-state index is 5.66. The summed E-state index contributed by atoms with van der Waals surface area (Å²) in [5.41, 5.74) is 2.71. The standard InChI is InChI=1S/C12H8N2O/c1-2-11-10(14-5-1)8-12(15-11)9-3-6-13-7-4-9/h1-8H. The third-order valence-electron chi connectivity index (χ3n) is 2.25. The van der Waals surface area contributed by atoms with Crippen LogP contribution in [0.4, 0.5) is 0 Å². The molecule has 0 radical (unpaired) electrons. The van der Waals surface area contributed by atoms with Crippen molar-refractivity contribution < 1.29 is 4.42 Å². The Hall–Kier alpha value is -2.16. The van der Waals surface area contributed by atoms with Gasteiger partial charge in [0.25, 0.3) is 0 Å². The molecule has 0 aliphatic rings. The summed E-state index contributed by atoms with van der Waals surface area (Å²) < 4.78 is 5.66. The summed E-state index contributed by atoms with van der Waals surface area (Å²) in [6, 6.07) is 9.54. The van der Waals surface area contributed by atoms with Crippen LogP contribution < -0.4 is 0 Å². The summed E-state index contributed by atoms with van der Waals surface area (Å²) >= 11 is 0. The highest BCUT2D eigenvalue weighted by atomic mass is 16.3. The van der Waals surface area contributed by atoms with Crippen LogP contribution in [-0.4, -0.2) is 9.97 Å². The highest BCUT2D eigenvalue weighted by molar-refractivity contribution is 5.78. The van der Waals surface area contributed by atoms with Crippen LogP contribution in [-0.2, 0) is 0 Å². The number of aromatic nitrogens is 2. The molecule has 3 heteroatoms. The van der Waals surface area contributed by atoms with Crippen LogP contribution in [0.2, 0.25) is 0 Å². The first-order valence-corrected chi connectivity index (χ1v) is 4.68. The molecule has 0 amide bonds. The van der Waals surface area contributed by atoms with E-state index in [9.17, 15) is 0 Å². The third-order valence-corrected chi connectivity index (χ3v) is 2.25. The lowest BCUT2D eigenvalue weighted by Crippen LogP contribution is -1.73. The van der Waals surface area contributed by atoms with Gasteiger partial charge in [-0.3, -0.25) is 9.97 Å². The molecule has 0 spiro atoms. The maximum absolute atomic E-state index is 5.66. The zero-order valence-corrected chi connectivity index (χ0v) is 7.92. The summed E-state index contributed by atoms with van der Waals surface area (Å²) in [5.74, 6) is 0.825. The highest BCUT2D eigenvalue weighted by Crippen LogP contribution is 2.25. The van der Waals surface area contributed by atoms with Crippen molar-refractivity contribution in [3.05, 3.63) is 48.9 Å². The maximum Gasteiger partial charge on any atom is 0.153 e. The van der Waals surface area contributed by atoms with Gasteiger partial charge in [-0.2, -0.15) is 0 Å². The van der Waals surface area contributed by atoms with Gasteiger partial charge in [0.05, 0.1) is 0 Å². The molecule has 0 atom stereocenters. The van der Waals surface area contributed by atoms with Gasteiger partial charge in [-0.15, -0.1) is 0 Å². The average Bonchev–Trinajstić information content (AvgIpc) is 2.74. The van der Waals surface area contributed by atoms with Crippen molar-refractivity contribution in [2.24, 2.45) is 0 Å². The first-order chi connectivity index (χ1) is 7.43. The zero-order chi connectivity index (χ0) is 10.1. The minimum Gasteiger partial charge on any atom is -0.454 e. The lowest BCUT2D eigenvalue weighted by molar-refractivity contribution is 0.631. The molecular formula is C12H8N2O. The number of furan rings is 1. The van der Waals surface area contributed by atoms with Crippen molar-refractivity contribution in [1.29, 1.82) is 0 Å². The van der Waals surface area contributed by atoms with Crippen LogP contribution in [0, 0.1) is 0 Å². The van der Waals surface area contributed by atoms with Gasteiger partial charge in [-0.1, -0.05) is 0 Å². The van der Waals surface area contributed by atoms with Crippen LogP contribution >= 0.6 is 0 Å². The van der Waals surface area contributed by atoms with E-state index in [0.717, 1.165) is 22.4 Å². The van der Waals surface area contributed by atoms with E-state index in [4.69, 9.17) is 4.42 Å². The molecule has 72 valence electrons. The predicted molar refractivity (Wildman–Crippen MR) is 57.2 cm³/mol. The molecule has 0 saturated heterocycles. The first kappa shape index (κ1) is 8.17. The molecule has 3 aromatic rings. The molecule has 3 rings (SSSR count).